The Hall–Kier alpha value is -3.33. The van der Waals surface area contributed by atoms with Crippen molar-refractivity contribution in [3.8, 4) is 0 Å². The third kappa shape index (κ3) is 3.44. The summed E-state index contributed by atoms with van der Waals surface area (Å²) in [4.78, 5) is 33.8. The van der Waals surface area contributed by atoms with Gasteiger partial charge in [0.05, 0.1) is 17.6 Å². The highest BCUT2D eigenvalue weighted by molar-refractivity contribution is 7.71. The van der Waals surface area contributed by atoms with Gasteiger partial charge in [-0.1, -0.05) is 24.3 Å². The molecular formula is C22H20FN5O2S. The van der Waals surface area contributed by atoms with Crippen LogP contribution < -0.4 is 10.2 Å². The van der Waals surface area contributed by atoms with Gasteiger partial charge in [0.2, 0.25) is 10.7 Å². The van der Waals surface area contributed by atoms with Crippen LogP contribution in [0.15, 0.2) is 48.5 Å². The smallest absolute Gasteiger partial charge is 0.257 e. The molecule has 2 aromatic carbocycles. The summed E-state index contributed by atoms with van der Waals surface area (Å²) in [6.45, 7) is 2.03. The summed E-state index contributed by atoms with van der Waals surface area (Å²) in [7, 11) is 0. The highest BCUT2D eigenvalue weighted by Crippen LogP contribution is 2.29. The quantitative estimate of drug-likeness (QED) is 0.635. The Balaban J connectivity index is 1.28. The van der Waals surface area contributed by atoms with Crippen molar-refractivity contribution in [3.63, 3.8) is 0 Å². The van der Waals surface area contributed by atoms with Gasteiger partial charge in [0.1, 0.15) is 17.7 Å². The van der Waals surface area contributed by atoms with E-state index in [4.69, 9.17) is 12.2 Å². The number of hydrogen-bond acceptors (Lipinski definition) is 6. The van der Waals surface area contributed by atoms with E-state index in [1.165, 1.54) is 10.6 Å². The molecule has 0 saturated carbocycles. The highest BCUT2D eigenvalue weighted by Gasteiger charge is 2.35. The minimum Gasteiger partial charge on any atom is -0.366 e. The molecule has 1 atom stereocenters. The number of rotatable bonds is 3. The number of benzene rings is 2. The molecule has 1 saturated heterocycles. The van der Waals surface area contributed by atoms with Crippen LogP contribution in [-0.2, 0) is 4.79 Å². The van der Waals surface area contributed by atoms with Crippen LogP contribution in [0, 0.1) is 10.6 Å². The number of hydrogen-bond donors (Lipinski definition) is 1. The van der Waals surface area contributed by atoms with Crippen LogP contribution >= 0.6 is 12.2 Å². The van der Waals surface area contributed by atoms with Crippen LogP contribution in [-0.4, -0.2) is 58.5 Å². The van der Waals surface area contributed by atoms with E-state index in [0.717, 1.165) is 5.39 Å². The molecule has 1 amide bonds. The van der Waals surface area contributed by atoms with Gasteiger partial charge in [-0.3, -0.25) is 9.59 Å². The number of carbonyl (C=O) groups is 2. The van der Waals surface area contributed by atoms with Gasteiger partial charge in [0.25, 0.3) is 5.91 Å². The van der Waals surface area contributed by atoms with Gasteiger partial charge < -0.3 is 15.1 Å². The number of fused-ring (bicyclic) bond motifs is 3. The van der Waals surface area contributed by atoms with Crippen molar-refractivity contribution in [3.05, 3.63) is 59.1 Å². The van der Waals surface area contributed by atoms with Gasteiger partial charge in [-0.2, -0.15) is 0 Å². The van der Waals surface area contributed by atoms with Crippen LogP contribution in [0.2, 0.25) is 0 Å². The van der Waals surface area contributed by atoms with E-state index in [9.17, 15) is 14.0 Å². The Kier molecular flexibility index (Phi) is 4.90. The molecule has 0 spiro atoms. The number of amides is 1. The summed E-state index contributed by atoms with van der Waals surface area (Å²) in [6.07, 6.45) is 0.0311. The molecule has 2 aliphatic heterocycles. The Morgan fingerprint density at radius 1 is 1.10 bits per heavy atom. The van der Waals surface area contributed by atoms with Gasteiger partial charge in [-0.15, -0.1) is 0 Å². The first-order valence-electron chi connectivity index (χ1n) is 10.1. The summed E-state index contributed by atoms with van der Waals surface area (Å²) in [5, 5.41) is 3.97. The van der Waals surface area contributed by atoms with Crippen molar-refractivity contribution in [1.29, 1.82) is 0 Å². The Labute approximate surface area is 183 Å². The van der Waals surface area contributed by atoms with E-state index in [1.807, 2.05) is 29.2 Å². The summed E-state index contributed by atoms with van der Waals surface area (Å²) >= 11 is 5.30. The molecule has 1 fully saturated rings. The average molecular weight is 438 g/mol. The molecule has 0 aliphatic carbocycles. The minimum absolute atomic E-state index is 0.0311. The van der Waals surface area contributed by atoms with Crippen LogP contribution in [0.4, 0.5) is 15.9 Å². The number of nitrogens with zero attached hydrogens (tertiary/aromatic N) is 4. The lowest BCUT2D eigenvalue weighted by Crippen LogP contribution is -2.50. The number of piperazine rings is 1. The van der Waals surface area contributed by atoms with E-state index in [-0.39, 0.29) is 28.8 Å². The maximum absolute atomic E-state index is 14.0. The first-order chi connectivity index (χ1) is 15.0. The topological polar surface area (TPSA) is 70.5 Å². The summed E-state index contributed by atoms with van der Waals surface area (Å²) in [5.74, 6) is -0.0617. The lowest BCUT2D eigenvalue weighted by molar-refractivity contribution is -0.131. The van der Waals surface area contributed by atoms with Crippen molar-refractivity contribution >= 4 is 46.4 Å². The fourth-order valence-corrected chi connectivity index (χ4v) is 4.50. The molecule has 1 unspecified atom stereocenters. The normalized spacial score (nSPS) is 18.2. The summed E-state index contributed by atoms with van der Waals surface area (Å²) in [6, 6.07) is 13.4. The zero-order chi connectivity index (χ0) is 21.5. The van der Waals surface area contributed by atoms with Crippen LogP contribution in [0.5, 0.6) is 0 Å². The number of para-hydroxylation sites is 2. The van der Waals surface area contributed by atoms with E-state index in [1.54, 1.807) is 23.1 Å². The zero-order valence-electron chi connectivity index (χ0n) is 16.6. The molecule has 0 bridgehead atoms. The van der Waals surface area contributed by atoms with E-state index in [0.29, 0.717) is 43.2 Å². The monoisotopic (exact) mass is 437 g/mol. The number of anilines is 2. The SMILES string of the molecule is O=C(CC1Nc2c3ccccc3nc(=S)n2C1=O)N1CCN(c2ccccc2F)CC1. The molecule has 1 N–H and O–H groups in total. The first kappa shape index (κ1) is 19.6. The van der Waals surface area contributed by atoms with Gasteiger partial charge >= 0.3 is 0 Å². The molecule has 158 valence electrons. The summed E-state index contributed by atoms with van der Waals surface area (Å²) in [5.41, 5.74) is 1.25. The van der Waals surface area contributed by atoms with Crippen molar-refractivity contribution < 1.29 is 14.0 Å². The van der Waals surface area contributed by atoms with Crippen molar-refractivity contribution in [2.45, 2.75) is 12.5 Å². The van der Waals surface area contributed by atoms with Gasteiger partial charge in [-0.25, -0.2) is 13.9 Å². The molecule has 5 rings (SSSR count). The largest absolute Gasteiger partial charge is 0.366 e. The third-order valence-corrected chi connectivity index (χ3v) is 6.10. The fourth-order valence-electron chi connectivity index (χ4n) is 4.22. The van der Waals surface area contributed by atoms with Crippen LogP contribution in [0.3, 0.4) is 0 Å². The predicted molar refractivity (Wildman–Crippen MR) is 118 cm³/mol. The minimum atomic E-state index is -0.689. The second-order valence-corrected chi connectivity index (χ2v) is 8.02. The lowest BCUT2D eigenvalue weighted by Gasteiger charge is -2.36. The van der Waals surface area contributed by atoms with E-state index >= 15 is 0 Å². The van der Waals surface area contributed by atoms with Gasteiger partial charge in [0, 0.05) is 31.6 Å². The Morgan fingerprint density at radius 2 is 1.81 bits per heavy atom. The lowest BCUT2D eigenvalue weighted by atomic mass is 10.1. The van der Waals surface area contributed by atoms with E-state index < -0.39 is 6.04 Å². The maximum Gasteiger partial charge on any atom is 0.257 e. The van der Waals surface area contributed by atoms with Crippen molar-refractivity contribution in [2.75, 3.05) is 36.4 Å². The number of halogens is 1. The third-order valence-electron chi connectivity index (χ3n) is 5.82. The van der Waals surface area contributed by atoms with Crippen molar-refractivity contribution in [2.24, 2.45) is 0 Å². The molecular weight excluding hydrogens is 417 g/mol. The average Bonchev–Trinajstić information content (AvgIpc) is 3.11. The molecule has 0 radical (unpaired) electrons. The molecule has 2 aliphatic rings. The van der Waals surface area contributed by atoms with Crippen LogP contribution in [0.25, 0.3) is 10.9 Å². The molecule has 7 nitrogen and oxygen atoms in total. The Bertz CT molecular complexity index is 1250. The maximum atomic E-state index is 14.0. The number of carbonyl (C=O) groups excluding carboxylic acids is 2. The predicted octanol–water partition coefficient (Wildman–Crippen LogP) is 3.08. The van der Waals surface area contributed by atoms with Crippen LogP contribution in [0.1, 0.15) is 11.2 Å². The first-order valence-corrected chi connectivity index (χ1v) is 10.5. The molecule has 31 heavy (non-hydrogen) atoms. The second-order valence-electron chi connectivity index (χ2n) is 7.65. The molecule has 1 aromatic heterocycles. The zero-order valence-corrected chi connectivity index (χ0v) is 17.4. The molecule has 3 aromatic rings. The fraction of sp³-hybridized carbons (Fsp3) is 0.273. The molecule has 9 heteroatoms. The van der Waals surface area contributed by atoms with Gasteiger partial charge in [0.15, 0.2) is 0 Å². The highest BCUT2D eigenvalue weighted by atomic mass is 32.1. The molecule has 3 heterocycles. The van der Waals surface area contributed by atoms with Gasteiger partial charge in [-0.05, 0) is 36.5 Å². The number of aromatic nitrogens is 2. The van der Waals surface area contributed by atoms with Crippen molar-refractivity contribution in [1.82, 2.24) is 14.5 Å². The summed E-state index contributed by atoms with van der Waals surface area (Å²) < 4.78 is 15.6. The number of nitrogens with one attached hydrogen (secondary N) is 1. The van der Waals surface area contributed by atoms with E-state index in [2.05, 4.69) is 10.3 Å². The Morgan fingerprint density at radius 3 is 2.58 bits per heavy atom. The standard InChI is InChI=1S/C22H20FN5O2S/c23-15-6-2-4-8-18(15)26-9-11-27(12-10-26)19(29)13-17-21(30)28-20(24-17)14-5-1-3-7-16(14)25-22(28)31/h1-8,17,24H,9-13H2. The second kappa shape index (κ2) is 7.73.